The molecule has 1 atom stereocenters. The Labute approximate surface area is 153 Å². The van der Waals surface area contributed by atoms with Gasteiger partial charge in [-0.25, -0.2) is 0 Å². The van der Waals surface area contributed by atoms with E-state index in [1.807, 2.05) is 41.8 Å². The van der Waals surface area contributed by atoms with Gasteiger partial charge >= 0.3 is 5.97 Å². The van der Waals surface area contributed by atoms with Crippen molar-refractivity contribution >= 4 is 34.4 Å². The molecular weight excluding hydrogens is 350 g/mol. The van der Waals surface area contributed by atoms with Crippen molar-refractivity contribution in [2.24, 2.45) is 0 Å². The van der Waals surface area contributed by atoms with Crippen molar-refractivity contribution in [2.75, 3.05) is 0 Å². The molecule has 4 rings (SSSR count). The summed E-state index contributed by atoms with van der Waals surface area (Å²) >= 11 is 1.51. The molecule has 0 amide bonds. The van der Waals surface area contributed by atoms with Crippen molar-refractivity contribution in [2.45, 2.75) is 11.9 Å². The van der Waals surface area contributed by atoms with E-state index >= 15 is 0 Å². The second kappa shape index (κ2) is 6.68. The number of rotatable bonds is 5. The van der Waals surface area contributed by atoms with Crippen LogP contribution >= 0.6 is 11.8 Å². The first kappa shape index (κ1) is 16.4. The van der Waals surface area contributed by atoms with Crippen molar-refractivity contribution in [3.05, 3.63) is 77.2 Å². The molecule has 1 aliphatic rings. The summed E-state index contributed by atoms with van der Waals surface area (Å²) < 4.78 is 1.59. The van der Waals surface area contributed by atoms with E-state index in [9.17, 15) is 9.59 Å². The summed E-state index contributed by atoms with van der Waals surface area (Å²) in [6.45, 7) is -0.187. The largest absolute Gasteiger partial charge is 0.480 e. The highest BCUT2D eigenvalue weighted by Gasteiger charge is 2.26. The van der Waals surface area contributed by atoms with Gasteiger partial charge in [-0.3, -0.25) is 14.6 Å². The summed E-state index contributed by atoms with van der Waals surface area (Å²) in [6, 6.07) is 11.1. The Balaban J connectivity index is 1.64. The Morgan fingerprint density at radius 3 is 2.85 bits per heavy atom. The number of pyridine rings is 1. The first-order valence-corrected chi connectivity index (χ1v) is 8.94. The lowest BCUT2D eigenvalue weighted by molar-refractivity contribution is -0.137. The molecule has 2 aromatic heterocycles. The summed E-state index contributed by atoms with van der Waals surface area (Å²) in [6.07, 6.45) is 5.09. The van der Waals surface area contributed by atoms with Crippen molar-refractivity contribution < 1.29 is 14.7 Å². The molecule has 26 heavy (non-hydrogen) atoms. The van der Waals surface area contributed by atoms with Crippen LogP contribution in [0, 0.1) is 0 Å². The Morgan fingerprint density at radius 2 is 2.08 bits per heavy atom. The van der Waals surface area contributed by atoms with E-state index < -0.39 is 5.97 Å². The number of aromatic nitrogens is 2. The minimum Gasteiger partial charge on any atom is -0.480 e. The maximum Gasteiger partial charge on any atom is 0.323 e. The van der Waals surface area contributed by atoms with Crippen LogP contribution in [0.2, 0.25) is 0 Å². The van der Waals surface area contributed by atoms with Gasteiger partial charge in [-0.1, -0.05) is 24.3 Å². The number of nitrogens with zero attached hydrogens (tertiary/aromatic N) is 2. The molecule has 3 heterocycles. The first-order valence-electron chi connectivity index (χ1n) is 8.00. The third-order valence-corrected chi connectivity index (χ3v) is 5.21. The number of thioether (sulfide) groups is 1. The summed E-state index contributed by atoms with van der Waals surface area (Å²) in [7, 11) is 0. The highest BCUT2D eigenvalue weighted by Crippen LogP contribution is 2.35. The summed E-state index contributed by atoms with van der Waals surface area (Å²) in [5.74, 6) is -1.10. The molecule has 0 spiro atoms. The summed E-state index contributed by atoms with van der Waals surface area (Å²) in [5, 5.41) is 14.8. The average molecular weight is 365 g/mol. The number of para-hydroxylation sites is 1. The van der Waals surface area contributed by atoms with Crippen LogP contribution in [0.4, 0.5) is 0 Å². The maximum absolute atomic E-state index is 13.0. The molecule has 0 bridgehead atoms. The molecule has 7 heteroatoms. The zero-order chi connectivity index (χ0) is 18.1. The molecule has 1 unspecified atom stereocenters. The van der Waals surface area contributed by atoms with E-state index in [0.29, 0.717) is 11.3 Å². The number of hydrogen-bond donors (Lipinski definition) is 2. The molecule has 1 aromatic carbocycles. The normalized spacial score (nSPS) is 16.3. The van der Waals surface area contributed by atoms with Gasteiger partial charge in [-0.15, -0.1) is 11.8 Å². The molecule has 0 saturated carbocycles. The van der Waals surface area contributed by atoms with Gasteiger partial charge in [-0.05, 0) is 12.1 Å². The van der Waals surface area contributed by atoms with Crippen LogP contribution in [0.15, 0.2) is 66.1 Å². The zero-order valence-electron chi connectivity index (χ0n) is 13.6. The minimum atomic E-state index is -0.949. The van der Waals surface area contributed by atoms with E-state index in [2.05, 4.69) is 10.3 Å². The zero-order valence-corrected chi connectivity index (χ0v) is 14.4. The molecular formula is C19H15N3O3S. The number of ketones is 1. The molecule has 6 nitrogen and oxygen atoms in total. The van der Waals surface area contributed by atoms with E-state index in [1.165, 1.54) is 11.8 Å². The lowest BCUT2D eigenvalue weighted by Gasteiger charge is -2.12. The Morgan fingerprint density at radius 1 is 1.23 bits per heavy atom. The summed E-state index contributed by atoms with van der Waals surface area (Å²) in [4.78, 5) is 28.2. The third kappa shape index (κ3) is 2.97. The first-order chi connectivity index (χ1) is 12.6. The van der Waals surface area contributed by atoms with Gasteiger partial charge in [0.05, 0.1) is 5.70 Å². The standard InChI is InChI=1S/C19H15N3O3S/c23-17(24)10-22-9-14(13-5-1-2-6-16(13)22)18(25)15-11-26-19(21-15)12-4-3-7-20-8-12/h1-9,11,19,21H,10H2,(H,23,24). The smallest absolute Gasteiger partial charge is 0.323 e. The van der Waals surface area contributed by atoms with E-state index in [-0.39, 0.29) is 17.7 Å². The van der Waals surface area contributed by atoms with Gasteiger partial charge < -0.3 is 15.0 Å². The number of carboxylic acids is 1. The highest BCUT2D eigenvalue weighted by atomic mass is 32.2. The van der Waals surface area contributed by atoms with E-state index in [0.717, 1.165) is 16.5 Å². The quantitative estimate of drug-likeness (QED) is 0.676. The van der Waals surface area contributed by atoms with Gasteiger partial charge in [0.15, 0.2) is 0 Å². The monoisotopic (exact) mass is 365 g/mol. The number of allylic oxidation sites excluding steroid dienone is 1. The number of Topliss-reactive ketones (excluding diaryl/α,β-unsaturated/α-hetero) is 1. The number of nitrogens with one attached hydrogen (secondary N) is 1. The van der Waals surface area contributed by atoms with Crippen molar-refractivity contribution in [1.29, 1.82) is 0 Å². The van der Waals surface area contributed by atoms with Gasteiger partial charge in [0.25, 0.3) is 0 Å². The number of benzene rings is 1. The number of carbonyl (C=O) groups is 2. The molecule has 130 valence electrons. The Bertz CT molecular complexity index is 1030. The molecule has 3 aromatic rings. The van der Waals surface area contributed by atoms with Crippen molar-refractivity contribution in [3.8, 4) is 0 Å². The lowest BCUT2D eigenvalue weighted by atomic mass is 10.1. The maximum atomic E-state index is 13.0. The Hall–Kier alpha value is -3.06. The van der Waals surface area contributed by atoms with E-state index in [4.69, 9.17) is 5.11 Å². The fourth-order valence-corrected chi connectivity index (χ4v) is 3.95. The number of aliphatic carboxylic acids is 1. The number of carboxylic acid groups (broad SMARTS) is 1. The van der Waals surface area contributed by atoms with Gasteiger partial charge in [0.1, 0.15) is 11.9 Å². The van der Waals surface area contributed by atoms with Crippen LogP contribution in [0.25, 0.3) is 10.9 Å². The van der Waals surface area contributed by atoms with Gasteiger partial charge in [0, 0.05) is 46.0 Å². The second-order valence-electron chi connectivity index (χ2n) is 5.89. The SMILES string of the molecule is O=C(O)Cn1cc(C(=O)C2=CSC(c3cccnc3)N2)c2ccccc21. The topological polar surface area (TPSA) is 84.2 Å². The summed E-state index contributed by atoms with van der Waals surface area (Å²) in [5.41, 5.74) is 2.72. The average Bonchev–Trinajstić information content (AvgIpc) is 3.28. The molecule has 0 saturated heterocycles. The third-order valence-electron chi connectivity index (χ3n) is 4.18. The van der Waals surface area contributed by atoms with Crippen LogP contribution in [0.3, 0.4) is 0 Å². The number of fused-ring (bicyclic) bond motifs is 1. The molecule has 0 aliphatic carbocycles. The fourth-order valence-electron chi connectivity index (χ4n) is 3.01. The second-order valence-corrected chi connectivity index (χ2v) is 6.87. The predicted octanol–water partition coefficient (Wildman–Crippen LogP) is 3.18. The van der Waals surface area contributed by atoms with Crippen LogP contribution in [0.1, 0.15) is 21.3 Å². The van der Waals surface area contributed by atoms with Crippen LogP contribution < -0.4 is 5.32 Å². The van der Waals surface area contributed by atoms with Crippen LogP contribution in [-0.2, 0) is 11.3 Å². The number of carbonyl (C=O) groups excluding carboxylic acids is 1. The predicted molar refractivity (Wildman–Crippen MR) is 99.7 cm³/mol. The van der Waals surface area contributed by atoms with Gasteiger partial charge in [0.2, 0.25) is 5.78 Å². The fraction of sp³-hybridized carbons (Fsp3) is 0.105. The van der Waals surface area contributed by atoms with Gasteiger partial charge in [-0.2, -0.15) is 0 Å². The van der Waals surface area contributed by atoms with Crippen LogP contribution in [0.5, 0.6) is 0 Å². The molecule has 0 radical (unpaired) electrons. The van der Waals surface area contributed by atoms with Crippen LogP contribution in [-0.4, -0.2) is 26.4 Å². The lowest BCUT2D eigenvalue weighted by Crippen LogP contribution is -2.19. The Kier molecular flexibility index (Phi) is 4.22. The van der Waals surface area contributed by atoms with Crippen molar-refractivity contribution in [3.63, 3.8) is 0 Å². The number of hydrogen-bond acceptors (Lipinski definition) is 5. The molecule has 0 fully saturated rings. The van der Waals surface area contributed by atoms with Crippen molar-refractivity contribution in [1.82, 2.24) is 14.9 Å². The molecule has 1 aliphatic heterocycles. The van der Waals surface area contributed by atoms with E-state index in [1.54, 1.807) is 23.2 Å². The minimum absolute atomic E-state index is 0.0602. The molecule has 2 N–H and O–H groups in total. The highest BCUT2D eigenvalue weighted by molar-refractivity contribution is 8.02.